The van der Waals surface area contributed by atoms with E-state index < -0.39 is 0 Å². The van der Waals surface area contributed by atoms with Crippen molar-refractivity contribution in [2.24, 2.45) is 0 Å². The first-order chi connectivity index (χ1) is 15.2. The summed E-state index contributed by atoms with van der Waals surface area (Å²) in [6.07, 6.45) is 4.11. The van der Waals surface area contributed by atoms with E-state index in [1.807, 2.05) is 29.6 Å². The molecule has 0 spiro atoms. The van der Waals surface area contributed by atoms with E-state index in [1.54, 1.807) is 28.0 Å². The number of unbranched alkanes of at least 4 members (excludes halogenated alkanes) is 1. The lowest BCUT2D eigenvalue weighted by molar-refractivity contribution is 0.251. The summed E-state index contributed by atoms with van der Waals surface area (Å²) >= 11 is 1.57. The molecule has 1 fully saturated rings. The number of benzene rings is 1. The Kier molecular flexibility index (Phi) is 6.71. The molecule has 9 heteroatoms. The fraction of sp³-hybridized carbons (Fsp3) is 0.409. The largest absolute Gasteiger partial charge is 0.494 e. The molecule has 2 amide bonds. The van der Waals surface area contributed by atoms with Crippen LogP contribution in [0.3, 0.4) is 0 Å². The summed E-state index contributed by atoms with van der Waals surface area (Å²) in [5, 5.41) is 12.1. The van der Waals surface area contributed by atoms with Crippen LogP contribution in [0.4, 0.5) is 10.5 Å². The van der Waals surface area contributed by atoms with Crippen LogP contribution < -0.4 is 21.1 Å². The van der Waals surface area contributed by atoms with Crippen LogP contribution in [0.1, 0.15) is 38.6 Å². The summed E-state index contributed by atoms with van der Waals surface area (Å²) in [6, 6.07) is 11.1. The predicted molar refractivity (Wildman–Crippen MR) is 122 cm³/mol. The van der Waals surface area contributed by atoms with Gasteiger partial charge in [0.05, 0.1) is 18.0 Å². The van der Waals surface area contributed by atoms with Crippen molar-refractivity contribution in [3.63, 3.8) is 0 Å². The zero-order chi connectivity index (χ0) is 21.6. The first kappa shape index (κ1) is 21.2. The van der Waals surface area contributed by atoms with Crippen molar-refractivity contribution in [2.75, 3.05) is 18.5 Å². The highest BCUT2D eigenvalue weighted by Gasteiger charge is 2.30. The molecule has 4 rings (SSSR count). The third kappa shape index (κ3) is 5.35. The Balaban J connectivity index is 1.30. The smallest absolute Gasteiger partial charge is 0.346 e. The monoisotopic (exact) mass is 441 g/mol. The van der Waals surface area contributed by atoms with Crippen molar-refractivity contribution >= 4 is 23.1 Å². The highest BCUT2D eigenvalue weighted by Crippen LogP contribution is 2.37. The molecule has 3 aromatic rings. The number of nitrogens with one attached hydrogen (secondary N) is 2. The summed E-state index contributed by atoms with van der Waals surface area (Å²) < 4.78 is 8.85. The van der Waals surface area contributed by atoms with Crippen LogP contribution in [-0.2, 0) is 6.54 Å². The maximum atomic E-state index is 12.8. The van der Waals surface area contributed by atoms with E-state index in [-0.39, 0.29) is 17.8 Å². The van der Waals surface area contributed by atoms with Gasteiger partial charge in [0.2, 0.25) is 0 Å². The molecule has 8 nitrogen and oxygen atoms in total. The van der Waals surface area contributed by atoms with Crippen LogP contribution in [0.2, 0.25) is 0 Å². The molecule has 1 aromatic carbocycles. The van der Waals surface area contributed by atoms with Gasteiger partial charge in [-0.3, -0.25) is 4.57 Å². The molecule has 0 unspecified atom stereocenters. The Labute approximate surface area is 184 Å². The van der Waals surface area contributed by atoms with Crippen molar-refractivity contribution in [2.45, 2.75) is 45.2 Å². The zero-order valence-electron chi connectivity index (χ0n) is 17.5. The number of urea groups is 1. The Morgan fingerprint density at radius 3 is 2.74 bits per heavy atom. The first-order valence-corrected chi connectivity index (χ1v) is 11.5. The van der Waals surface area contributed by atoms with E-state index >= 15 is 0 Å². The van der Waals surface area contributed by atoms with Crippen LogP contribution in [0, 0.1) is 0 Å². The lowest BCUT2D eigenvalue weighted by Crippen LogP contribution is -2.34. The molecule has 0 aliphatic heterocycles. The molecule has 2 N–H and O–H groups in total. The molecule has 1 aliphatic carbocycles. The fourth-order valence-corrected chi connectivity index (χ4v) is 3.93. The summed E-state index contributed by atoms with van der Waals surface area (Å²) in [5.41, 5.74) is 0.558. The van der Waals surface area contributed by atoms with Gasteiger partial charge < -0.3 is 15.4 Å². The maximum absolute atomic E-state index is 12.8. The molecule has 0 atom stereocenters. The third-order valence-corrected chi connectivity index (χ3v) is 5.88. The van der Waals surface area contributed by atoms with E-state index in [1.165, 1.54) is 4.68 Å². The molecule has 2 heterocycles. The highest BCUT2D eigenvalue weighted by atomic mass is 32.1. The number of ether oxygens (including phenoxy) is 1. The van der Waals surface area contributed by atoms with Gasteiger partial charge in [-0.15, -0.1) is 16.4 Å². The molecule has 0 bridgehead atoms. The molecular weight excluding hydrogens is 414 g/mol. The van der Waals surface area contributed by atoms with Crippen molar-refractivity contribution in [1.82, 2.24) is 19.7 Å². The summed E-state index contributed by atoms with van der Waals surface area (Å²) in [5.74, 6) is 1.50. The molecular formula is C22H27N5O3S. The SMILES string of the molecule is CCCCOc1ccc(NC(=O)NCCn2nc(-c3cccs3)n(C3CC3)c2=O)cc1. The topological polar surface area (TPSA) is 90.2 Å². The van der Waals surface area contributed by atoms with Crippen molar-refractivity contribution in [1.29, 1.82) is 0 Å². The van der Waals surface area contributed by atoms with Gasteiger partial charge in [0.1, 0.15) is 5.75 Å². The first-order valence-electron chi connectivity index (χ1n) is 10.7. The number of hydrogen-bond acceptors (Lipinski definition) is 5. The lowest BCUT2D eigenvalue weighted by Gasteiger charge is -2.09. The van der Waals surface area contributed by atoms with Gasteiger partial charge in [0.15, 0.2) is 5.82 Å². The van der Waals surface area contributed by atoms with E-state index in [9.17, 15) is 9.59 Å². The standard InChI is InChI=1S/C22H27N5O3S/c1-2-3-14-30-18-10-6-16(7-11-18)24-21(28)23-12-13-26-22(29)27(17-8-9-17)20(25-26)19-5-4-15-31-19/h4-7,10-11,15,17H,2-3,8-9,12-14H2,1H3,(H2,23,24,28). The molecule has 1 saturated carbocycles. The summed E-state index contributed by atoms with van der Waals surface area (Å²) in [6.45, 7) is 3.42. The van der Waals surface area contributed by atoms with Gasteiger partial charge in [-0.1, -0.05) is 19.4 Å². The van der Waals surface area contributed by atoms with E-state index in [2.05, 4.69) is 22.7 Å². The maximum Gasteiger partial charge on any atom is 0.346 e. The number of hydrogen-bond donors (Lipinski definition) is 2. The number of carbonyl (C=O) groups excluding carboxylic acids is 1. The number of carbonyl (C=O) groups is 1. The van der Waals surface area contributed by atoms with Crippen LogP contribution in [0.5, 0.6) is 5.75 Å². The quantitative estimate of drug-likeness (QED) is 0.463. The minimum absolute atomic E-state index is 0.119. The second-order valence-electron chi connectivity index (χ2n) is 7.52. The van der Waals surface area contributed by atoms with Gasteiger partial charge in [0, 0.05) is 18.3 Å². The second kappa shape index (κ2) is 9.82. The Bertz CT molecular complexity index is 1050. The van der Waals surface area contributed by atoms with E-state index in [0.717, 1.165) is 36.3 Å². The predicted octanol–water partition coefficient (Wildman–Crippen LogP) is 4.11. The highest BCUT2D eigenvalue weighted by molar-refractivity contribution is 7.13. The molecule has 1 aliphatic rings. The van der Waals surface area contributed by atoms with Crippen LogP contribution >= 0.6 is 11.3 Å². The Hall–Kier alpha value is -3.07. The zero-order valence-corrected chi connectivity index (χ0v) is 18.4. The third-order valence-electron chi connectivity index (χ3n) is 5.01. The average Bonchev–Trinajstić information content (AvgIpc) is 3.34. The van der Waals surface area contributed by atoms with Crippen LogP contribution in [0.15, 0.2) is 46.6 Å². The number of nitrogens with zero attached hydrogens (tertiary/aromatic N) is 3. The van der Waals surface area contributed by atoms with Gasteiger partial charge in [-0.25, -0.2) is 14.3 Å². The summed E-state index contributed by atoms with van der Waals surface area (Å²) in [4.78, 5) is 26.0. The van der Waals surface area contributed by atoms with Crippen molar-refractivity contribution in [3.8, 4) is 16.5 Å². The molecule has 0 radical (unpaired) electrons. The Morgan fingerprint density at radius 1 is 1.26 bits per heavy atom. The van der Waals surface area contributed by atoms with E-state index in [4.69, 9.17) is 4.74 Å². The second-order valence-corrected chi connectivity index (χ2v) is 8.46. The van der Waals surface area contributed by atoms with Crippen molar-refractivity contribution in [3.05, 3.63) is 52.3 Å². The minimum Gasteiger partial charge on any atom is -0.494 e. The molecule has 31 heavy (non-hydrogen) atoms. The van der Waals surface area contributed by atoms with Crippen LogP contribution in [0.25, 0.3) is 10.7 Å². The lowest BCUT2D eigenvalue weighted by atomic mass is 10.3. The minimum atomic E-state index is -0.326. The Morgan fingerprint density at radius 2 is 2.06 bits per heavy atom. The number of rotatable bonds is 10. The number of thiophene rings is 1. The normalized spacial score (nSPS) is 13.2. The molecule has 0 saturated heterocycles. The number of amides is 2. The average molecular weight is 442 g/mol. The van der Waals surface area contributed by atoms with Gasteiger partial charge >= 0.3 is 11.7 Å². The van der Waals surface area contributed by atoms with Gasteiger partial charge in [-0.05, 0) is 55.0 Å². The molecule has 2 aromatic heterocycles. The van der Waals surface area contributed by atoms with Crippen molar-refractivity contribution < 1.29 is 9.53 Å². The number of aromatic nitrogens is 3. The van der Waals surface area contributed by atoms with Gasteiger partial charge in [-0.2, -0.15) is 0 Å². The van der Waals surface area contributed by atoms with Gasteiger partial charge in [0.25, 0.3) is 0 Å². The fourth-order valence-electron chi connectivity index (χ4n) is 3.22. The van der Waals surface area contributed by atoms with Crippen LogP contribution in [-0.4, -0.2) is 33.5 Å². The number of anilines is 1. The molecule has 164 valence electrons. The summed E-state index contributed by atoms with van der Waals surface area (Å²) in [7, 11) is 0. The van der Waals surface area contributed by atoms with E-state index in [0.29, 0.717) is 31.2 Å².